The van der Waals surface area contributed by atoms with Crippen LogP contribution in [-0.2, 0) is 10.3 Å². The van der Waals surface area contributed by atoms with Crippen molar-refractivity contribution in [3.05, 3.63) is 17.0 Å². The lowest BCUT2D eigenvalue weighted by Gasteiger charge is -2.19. The van der Waals surface area contributed by atoms with Crippen molar-refractivity contribution in [3.63, 3.8) is 0 Å². The molecule has 22 heavy (non-hydrogen) atoms. The molecule has 2 rings (SSSR count). The molecule has 2 amide bonds. The van der Waals surface area contributed by atoms with Crippen molar-refractivity contribution in [2.75, 3.05) is 11.1 Å². The van der Waals surface area contributed by atoms with Gasteiger partial charge in [-0.2, -0.15) is 0 Å². The van der Waals surface area contributed by atoms with Gasteiger partial charge in [-0.3, -0.25) is 9.59 Å². The standard InChI is InChI=1S/C12H16N6O2S2/c1-12(2,3)18-11(15-16-17-18)22-6-8(19)14-10-7(9(13)20)4-5-21-10/h4-5H,6H2,1-3H3,(H2,13,20)(H,14,19). The maximum absolute atomic E-state index is 12.0. The summed E-state index contributed by atoms with van der Waals surface area (Å²) in [5.74, 6) is -0.689. The number of amides is 2. The number of thiophene rings is 1. The number of nitrogens with two attached hydrogens (primary N) is 1. The van der Waals surface area contributed by atoms with E-state index >= 15 is 0 Å². The summed E-state index contributed by atoms with van der Waals surface area (Å²) in [4.78, 5) is 23.2. The van der Waals surface area contributed by atoms with Crippen LogP contribution in [0.4, 0.5) is 5.00 Å². The van der Waals surface area contributed by atoms with Gasteiger partial charge < -0.3 is 11.1 Å². The third-order valence-corrected chi connectivity index (χ3v) is 4.34. The highest BCUT2D eigenvalue weighted by atomic mass is 32.2. The van der Waals surface area contributed by atoms with Crippen molar-refractivity contribution in [1.29, 1.82) is 0 Å². The fourth-order valence-electron chi connectivity index (χ4n) is 1.58. The third-order valence-electron chi connectivity index (χ3n) is 2.59. The molecule has 0 fully saturated rings. The Morgan fingerprint density at radius 2 is 2.18 bits per heavy atom. The van der Waals surface area contributed by atoms with Crippen LogP contribution in [0.5, 0.6) is 0 Å². The van der Waals surface area contributed by atoms with Crippen LogP contribution in [0.3, 0.4) is 0 Å². The van der Waals surface area contributed by atoms with Crippen LogP contribution < -0.4 is 11.1 Å². The minimum atomic E-state index is -0.569. The highest BCUT2D eigenvalue weighted by molar-refractivity contribution is 7.99. The summed E-state index contributed by atoms with van der Waals surface area (Å²) in [6.07, 6.45) is 0. The quantitative estimate of drug-likeness (QED) is 0.793. The first-order chi connectivity index (χ1) is 10.3. The summed E-state index contributed by atoms with van der Waals surface area (Å²) < 4.78 is 1.66. The van der Waals surface area contributed by atoms with Gasteiger partial charge in [0.25, 0.3) is 5.91 Å². The zero-order valence-corrected chi connectivity index (χ0v) is 14.0. The Bertz CT molecular complexity index is 688. The number of rotatable bonds is 5. The number of nitrogens with one attached hydrogen (secondary N) is 1. The van der Waals surface area contributed by atoms with Gasteiger partial charge in [0.2, 0.25) is 11.1 Å². The molecule has 118 valence electrons. The fraction of sp³-hybridized carbons (Fsp3) is 0.417. The molecule has 0 bridgehead atoms. The number of aromatic nitrogens is 4. The Labute approximate surface area is 135 Å². The molecule has 8 nitrogen and oxygen atoms in total. The monoisotopic (exact) mass is 340 g/mol. The smallest absolute Gasteiger partial charge is 0.251 e. The lowest BCUT2D eigenvalue weighted by Crippen LogP contribution is -2.25. The average molecular weight is 340 g/mol. The van der Waals surface area contributed by atoms with Gasteiger partial charge >= 0.3 is 0 Å². The molecule has 0 unspecified atom stereocenters. The van der Waals surface area contributed by atoms with Crippen LogP contribution in [0.2, 0.25) is 0 Å². The van der Waals surface area contributed by atoms with Crippen LogP contribution in [-0.4, -0.2) is 37.8 Å². The third kappa shape index (κ3) is 3.83. The summed E-state index contributed by atoms with van der Waals surface area (Å²) in [7, 11) is 0. The summed E-state index contributed by atoms with van der Waals surface area (Å²) in [5.41, 5.74) is 5.27. The van der Waals surface area contributed by atoms with Crippen molar-refractivity contribution in [2.45, 2.75) is 31.5 Å². The van der Waals surface area contributed by atoms with Crippen LogP contribution >= 0.6 is 23.1 Å². The van der Waals surface area contributed by atoms with Crippen LogP contribution in [0, 0.1) is 0 Å². The largest absolute Gasteiger partial charge is 0.366 e. The predicted octanol–water partition coefficient (Wildman–Crippen LogP) is 1.32. The van der Waals surface area contributed by atoms with E-state index in [2.05, 4.69) is 20.8 Å². The number of hydrogen-bond acceptors (Lipinski definition) is 7. The molecule has 0 saturated heterocycles. The SMILES string of the molecule is CC(C)(C)n1nnnc1SCC(=O)Nc1sccc1C(N)=O. The molecule has 0 saturated carbocycles. The average Bonchev–Trinajstić information content (AvgIpc) is 3.03. The molecule has 10 heteroatoms. The first-order valence-corrected chi connectivity index (χ1v) is 8.24. The molecule has 0 aromatic carbocycles. The number of nitrogens with zero attached hydrogens (tertiary/aromatic N) is 4. The lowest BCUT2D eigenvalue weighted by atomic mass is 10.1. The van der Waals surface area contributed by atoms with Crippen molar-refractivity contribution in [1.82, 2.24) is 20.2 Å². The molecule has 2 heterocycles. The molecule has 3 N–H and O–H groups in total. The minimum Gasteiger partial charge on any atom is -0.366 e. The Morgan fingerprint density at radius 3 is 2.82 bits per heavy atom. The Morgan fingerprint density at radius 1 is 1.45 bits per heavy atom. The first-order valence-electron chi connectivity index (χ1n) is 6.38. The van der Waals surface area contributed by atoms with E-state index in [1.165, 1.54) is 23.1 Å². The number of hydrogen-bond donors (Lipinski definition) is 2. The highest BCUT2D eigenvalue weighted by Gasteiger charge is 2.21. The van der Waals surface area contributed by atoms with Crippen molar-refractivity contribution >= 4 is 39.9 Å². The van der Waals surface area contributed by atoms with Gasteiger partial charge in [0.1, 0.15) is 5.00 Å². The van der Waals surface area contributed by atoms with E-state index in [0.29, 0.717) is 15.7 Å². The maximum atomic E-state index is 12.0. The van der Waals surface area contributed by atoms with Crippen molar-refractivity contribution in [3.8, 4) is 0 Å². The van der Waals surface area contributed by atoms with Gasteiger partial charge in [0.05, 0.1) is 16.9 Å². The number of anilines is 1. The Balaban J connectivity index is 1.98. The topological polar surface area (TPSA) is 116 Å². The summed E-state index contributed by atoms with van der Waals surface area (Å²) >= 11 is 2.48. The molecule has 0 radical (unpaired) electrons. The van der Waals surface area contributed by atoms with Gasteiger partial charge in [0, 0.05) is 0 Å². The van der Waals surface area contributed by atoms with E-state index < -0.39 is 5.91 Å². The van der Waals surface area contributed by atoms with E-state index in [1.807, 2.05) is 20.8 Å². The maximum Gasteiger partial charge on any atom is 0.251 e. The molecule has 0 aliphatic rings. The first kappa shape index (κ1) is 16.4. The Hall–Kier alpha value is -1.94. The van der Waals surface area contributed by atoms with Gasteiger partial charge in [-0.1, -0.05) is 11.8 Å². The molecule has 0 aliphatic carbocycles. The van der Waals surface area contributed by atoms with Gasteiger partial charge in [-0.25, -0.2) is 4.68 Å². The molecule has 2 aromatic heterocycles. The van der Waals surface area contributed by atoms with Crippen LogP contribution in [0.15, 0.2) is 16.6 Å². The number of carbonyl (C=O) groups excluding carboxylic acids is 2. The normalized spacial score (nSPS) is 11.4. The summed E-state index contributed by atoms with van der Waals surface area (Å²) in [5, 5.41) is 16.8. The number of primary amides is 1. The molecule has 0 spiro atoms. The van der Waals surface area contributed by atoms with E-state index in [1.54, 1.807) is 16.1 Å². The second kappa shape index (κ2) is 6.44. The second-order valence-electron chi connectivity index (χ2n) is 5.41. The van der Waals surface area contributed by atoms with E-state index in [4.69, 9.17) is 5.73 Å². The molecule has 0 aliphatic heterocycles. The molecule has 2 aromatic rings. The van der Waals surface area contributed by atoms with E-state index in [0.717, 1.165) is 0 Å². The van der Waals surface area contributed by atoms with Crippen molar-refractivity contribution < 1.29 is 9.59 Å². The van der Waals surface area contributed by atoms with E-state index in [9.17, 15) is 9.59 Å². The molecule has 0 atom stereocenters. The highest BCUT2D eigenvalue weighted by Crippen LogP contribution is 2.24. The van der Waals surface area contributed by atoms with Crippen molar-refractivity contribution in [2.24, 2.45) is 5.73 Å². The second-order valence-corrected chi connectivity index (χ2v) is 7.27. The van der Waals surface area contributed by atoms with E-state index in [-0.39, 0.29) is 17.2 Å². The predicted molar refractivity (Wildman–Crippen MR) is 85.0 cm³/mol. The summed E-state index contributed by atoms with van der Waals surface area (Å²) in [6.45, 7) is 5.91. The number of carbonyl (C=O) groups is 2. The van der Waals surface area contributed by atoms with Crippen LogP contribution in [0.25, 0.3) is 0 Å². The molecular weight excluding hydrogens is 324 g/mol. The van der Waals surface area contributed by atoms with Crippen LogP contribution in [0.1, 0.15) is 31.1 Å². The lowest BCUT2D eigenvalue weighted by molar-refractivity contribution is -0.113. The minimum absolute atomic E-state index is 0.132. The van der Waals surface area contributed by atoms with Gasteiger partial charge in [0.15, 0.2) is 0 Å². The van der Waals surface area contributed by atoms with Gasteiger partial charge in [-0.05, 0) is 42.6 Å². The zero-order valence-electron chi connectivity index (χ0n) is 12.4. The zero-order chi connectivity index (χ0) is 16.3. The van der Waals surface area contributed by atoms with Gasteiger partial charge in [-0.15, -0.1) is 16.4 Å². The summed E-state index contributed by atoms with van der Waals surface area (Å²) in [6, 6.07) is 1.58. The Kier molecular flexibility index (Phi) is 4.81. The fourth-order valence-corrected chi connectivity index (χ4v) is 3.25. The number of tetrazole rings is 1. The molecular formula is C12H16N6O2S2. The number of thioether (sulfide) groups is 1.